The Morgan fingerprint density at radius 2 is 1.74 bits per heavy atom. The lowest BCUT2D eigenvalue weighted by Gasteiger charge is -2.17. The Kier molecular flexibility index (Phi) is 7.91. The van der Waals surface area contributed by atoms with Crippen LogP contribution in [0, 0.1) is 0 Å². The third-order valence-electron chi connectivity index (χ3n) is 2.57. The second-order valence-corrected chi connectivity index (χ2v) is 5.32. The number of hydrogen-bond acceptors (Lipinski definition) is 6. The first-order chi connectivity index (χ1) is 10.4. The molecule has 0 aromatic carbocycles. The number of rotatable bonds is 7. The van der Waals surface area contributed by atoms with E-state index >= 15 is 0 Å². The minimum absolute atomic E-state index is 0.274. The van der Waals surface area contributed by atoms with Crippen LogP contribution in [0.5, 0.6) is 0 Å². The zero-order valence-electron chi connectivity index (χ0n) is 12.8. The van der Waals surface area contributed by atoms with E-state index < -0.39 is 42.4 Å². The van der Waals surface area contributed by atoms with Gasteiger partial charge in [-0.1, -0.05) is 0 Å². The lowest BCUT2D eigenvalue weighted by molar-refractivity contribution is -0.147. The van der Waals surface area contributed by atoms with Crippen LogP contribution in [0.1, 0.15) is 25.5 Å². The molecular formula is C13H21N3O7. The van der Waals surface area contributed by atoms with Crippen LogP contribution in [0.15, 0.2) is 12.5 Å². The molecule has 1 atom stereocenters. The Labute approximate surface area is 132 Å². The van der Waals surface area contributed by atoms with Gasteiger partial charge in [0.05, 0.1) is 30.5 Å². The largest absolute Gasteiger partial charge is 0.481 e. The molecule has 0 aliphatic carbocycles. The van der Waals surface area contributed by atoms with Crippen LogP contribution >= 0.6 is 0 Å². The average Bonchev–Trinajstić information content (AvgIpc) is 2.71. The van der Waals surface area contributed by atoms with Crippen molar-refractivity contribution < 1.29 is 34.8 Å². The lowest BCUT2D eigenvalue weighted by atomic mass is 9.99. The first-order valence-electron chi connectivity index (χ1n) is 6.54. The number of aromatic nitrogens is 2. The maximum atomic E-state index is 10.4. The number of carbonyl (C=O) groups is 3. The van der Waals surface area contributed by atoms with Crippen LogP contribution in [-0.4, -0.2) is 59.5 Å². The van der Waals surface area contributed by atoms with E-state index in [1.165, 1.54) is 6.92 Å². The second-order valence-electron chi connectivity index (χ2n) is 5.32. The van der Waals surface area contributed by atoms with Crippen molar-refractivity contribution in [3.05, 3.63) is 18.2 Å². The maximum Gasteiger partial charge on any atom is 0.320 e. The summed E-state index contributed by atoms with van der Waals surface area (Å²) in [4.78, 5) is 34.4. The van der Waals surface area contributed by atoms with Crippen molar-refractivity contribution in [3.8, 4) is 0 Å². The molecule has 10 heteroatoms. The molecular weight excluding hydrogens is 310 g/mol. The molecule has 0 amide bonds. The fourth-order valence-corrected chi connectivity index (χ4v) is 1.60. The number of carboxylic acids is 3. The molecule has 1 aromatic rings. The van der Waals surface area contributed by atoms with E-state index in [0.717, 1.165) is 0 Å². The fourth-order valence-electron chi connectivity index (χ4n) is 1.60. The number of aliphatic carboxylic acids is 3. The van der Waals surface area contributed by atoms with Crippen LogP contribution < -0.4 is 5.73 Å². The third kappa shape index (κ3) is 9.98. The molecule has 0 bridgehead atoms. The monoisotopic (exact) mass is 331 g/mol. The summed E-state index contributed by atoms with van der Waals surface area (Å²) < 4.78 is 1.75. The summed E-state index contributed by atoms with van der Waals surface area (Å²) in [6.07, 6.45) is 2.53. The van der Waals surface area contributed by atoms with Gasteiger partial charge >= 0.3 is 17.9 Å². The molecule has 0 radical (unpaired) electrons. The maximum absolute atomic E-state index is 10.4. The Morgan fingerprint density at radius 1 is 1.26 bits per heavy atom. The highest BCUT2D eigenvalue weighted by atomic mass is 16.4. The van der Waals surface area contributed by atoms with Gasteiger partial charge in [-0.3, -0.25) is 14.4 Å². The van der Waals surface area contributed by atoms with Crippen molar-refractivity contribution in [2.24, 2.45) is 12.8 Å². The molecule has 1 heterocycles. The Morgan fingerprint density at radius 3 is 2.04 bits per heavy atom. The first-order valence-corrected chi connectivity index (χ1v) is 6.54. The van der Waals surface area contributed by atoms with Crippen LogP contribution in [0.2, 0.25) is 0 Å². The predicted octanol–water partition coefficient (Wildman–Crippen LogP) is -0.939. The van der Waals surface area contributed by atoms with Gasteiger partial charge in [-0.2, -0.15) is 0 Å². The first kappa shape index (κ1) is 20.5. The number of aryl methyl sites for hydroxylation is 1. The van der Waals surface area contributed by atoms with Crippen LogP contribution in [0.25, 0.3) is 0 Å². The topological polar surface area (TPSA) is 176 Å². The molecule has 23 heavy (non-hydrogen) atoms. The summed E-state index contributed by atoms with van der Waals surface area (Å²) in [5.41, 5.74) is 4.36. The normalized spacial score (nSPS) is 12.0. The van der Waals surface area contributed by atoms with Crippen molar-refractivity contribution in [2.75, 3.05) is 0 Å². The van der Waals surface area contributed by atoms with Crippen molar-refractivity contribution in [2.45, 2.75) is 37.8 Å². The van der Waals surface area contributed by atoms with Gasteiger partial charge in [-0.15, -0.1) is 0 Å². The molecule has 130 valence electrons. The van der Waals surface area contributed by atoms with E-state index in [4.69, 9.17) is 26.2 Å². The van der Waals surface area contributed by atoms with Crippen LogP contribution in [0.3, 0.4) is 0 Å². The number of hydrogen-bond donors (Lipinski definition) is 5. The zero-order valence-corrected chi connectivity index (χ0v) is 12.8. The molecule has 0 aliphatic heterocycles. The van der Waals surface area contributed by atoms with Gasteiger partial charge in [-0.25, -0.2) is 4.98 Å². The van der Waals surface area contributed by atoms with Gasteiger partial charge in [0.25, 0.3) is 0 Å². The van der Waals surface area contributed by atoms with Crippen LogP contribution in [-0.2, 0) is 27.9 Å². The molecule has 10 nitrogen and oxygen atoms in total. The van der Waals surface area contributed by atoms with Crippen molar-refractivity contribution in [3.63, 3.8) is 0 Å². The summed E-state index contributed by atoms with van der Waals surface area (Å²) in [6.45, 7) is 1.18. The number of aliphatic hydroxyl groups is 1. The van der Waals surface area contributed by atoms with E-state index in [9.17, 15) is 14.4 Å². The van der Waals surface area contributed by atoms with Gasteiger partial charge in [0.1, 0.15) is 6.04 Å². The molecule has 0 saturated carbocycles. The number of nitrogens with zero attached hydrogens (tertiary/aromatic N) is 2. The van der Waals surface area contributed by atoms with Crippen molar-refractivity contribution in [1.82, 2.24) is 9.55 Å². The molecule has 1 aromatic heterocycles. The van der Waals surface area contributed by atoms with Gasteiger partial charge in [0.15, 0.2) is 0 Å². The number of imidazole rings is 1. The highest BCUT2D eigenvalue weighted by molar-refractivity contribution is 5.73. The standard InChI is InChI=1S/C7H11N3O2.C6H10O5/c1-10-3-5(9-4-10)2-6(8)7(11)12;1-6(11,2-4(7)8)3-5(9)10/h3-4,6H,2,8H2,1H3,(H,11,12);11H,2-3H2,1H3,(H,7,8)(H,9,10)/t6-;/m0./s1. The summed E-state index contributed by atoms with van der Waals surface area (Å²) in [6, 6.07) is -0.861. The Hall–Kier alpha value is -2.46. The summed E-state index contributed by atoms with van der Waals surface area (Å²) in [7, 11) is 1.82. The third-order valence-corrected chi connectivity index (χ3v) is 2.57. The second kappa shape index (κ2) is 8.86. The van der Waals surface area contributed by atoms with Gasteiger partial charge in [-0.05, 0) is 6.92 Å². The average molecular weight is 331 g/mol. The molecule has 0 fully saturated rings. The lowest BCUT2D eigenvalue weighted by Crippen LogP contribution is -2.32. The van der Waals surface area contributed by atoms with Crippen molar-refractivity contribution >= 4 is 17.9 Å². The quantitative estimate of drug-likeness (QED) is 0.422. The molecule has 0 spiro atoms. The Bertz CT molecular complexity index is 536. The van der Waals surface area contributed by atoms with E-state index in [1.54, 1.807) is 17.1 Å². The zero-order chi connectivity index (χ0) is 18.2. The van der Waals surface area contributed by atoms with E-state index in [1.807, 2.05) is 7.05 Å². The minimum atomic E-state index is -1.66. The van der Waals surface area contributed by atoms with Gasteiger partial charge < -0.3 is 30.7 Å². The summed E-state index contributed by atoms with van der Waals surface area (Å²) >= 11 is 0. The minimum Gasteiger partial charge on any atom is -0.481 e. The predicted molar refractivity (Wildman–Crippen MR) is 77.7 cm³/mol. The number of nitrogens with two attached hydrogens (primary N) is 1. The molecule has 6 N–H and O–H groups in total. The molecule has 0 aliphatic rings. The van der Waals surface area contributed by atoms with E-state index in [-0.39, 0.29) is 6.42 Å². The smallest absolute Gasteiger partial charge is 0.320 e. The SMILES string of the molecule is CC(O)(CC(=O)O)CC(=O)O.Cn1cnc(C[C@H](N)C(=O)O)c1. The van der Waals surface area contributed by atoms with Gasteiger partial charge in [0, 0.05) is 19.7 Å². The van der Waals surface area contributed by atoms with Gasteiger partial charge in [0.2, 0.25) is 0 Å². The fraction of sp³-hybridized carbons (Fsp3) is 0.538. The van der Waals surface area contributed by atoms with Crippen molar-refractivity contribution in [1.29, 1.82) is 0 Å². The summed E-state index contributed by atoms with van der Waals surface area (Å²) in [5.74, 6) is -3.42. The molecule has 0 saturated heterocycles. The Balaban J connectivity index is 0.000000423. The molecule has 1 rings (SSSR count). The van der Waals surface area contributed by atoms with Crippen LogP contribution in [0.4, 0.5) is 0 Å². The van der Waals surface area contributed by atoms with E-state index in [2.05, 4.69) is 4.98 Å². The highest BCUT2D eigenvalue weighted by Crippen LogP contribution is 2.13. The highest BCUT2D eigenvalue weighted by Gasteiger charge is 2.27. The molecule has 0 unspecified atom stereocenters. The summed E-state index contributed by atoms with van der Waals surface area (Å²) in [5, 5.41) is 34.0. The van der Waals surface area contributed by atoms with E-state index in [0.29, 0.717) is 5.69 Å². The number of carboxylic acid groups (broad SMARTS) is 3.